The van der Waals surface area contributed by atoms with Crippen molar-refractivity contribution in [3.8, 4) is 11.8 Å². The zero-order valence-corrected chi connectivity index (χ0v) is 12.3. The van der Waals surface area contributed by atoms with Crippen molar-refractivity contribution in [1.29, 1.82) is 0 Å². The predicted molar refractivity (Wildman–Crippen MR) is 84.3 cm³/mol. The van der Waals surface area contributed by atoms with Crippen molar-refractivity contribution < 1.29 is 0 Å². The SMILES string of the molecule is CC.CCc1ccc(C#Cc2ccc(C)cc2)cc1. The number of aryl methyl sites for hydroxylation is 2. The van der Waals surface area contributed by atoms with Crippen molar-refractivity contribution in [2.45, 2.75) is 34.1 Å². The maximum atomic E-state index is 3.18. The lowest BCUT2D eigenvalue weighted by atomic mass is 10.1. The van der Waals surface area contributed by atoms with Gasteiger partial charge in [-0.15, -0.1) is 0 Å². The van der Waals surface area contributed by atoms with Gasteiger partial charge in [0.1, 0.15) is 0 Å². The number of hydrogen-bond acceptors (Lipinski definition) is 0. The summed E-state index contributed by atoms with van der Waals surface area (Å²) in [5, 5.41) is 0. The van der Waals surface area contributed by atoms with Crippen molar-refractivity contribution in [2.75, 3.05) is 0 Å². The summed E-state index contributed by atoms with van der Waals surface area (Å²) in [6.45, 7) is 8.24. The Balaban J connectivity index is 0.000000861. The average Bonchev–Trinajstić information content (AvgIpc) is 2.49. The van der Waals surface area contributed by atoms with Crippen LogP contribution in [0.25, 0.3) is 0 Å². The van der Waals surface area contributed by atoms with Gasteiger partial charge >= 0.3 is 0 Å². The van der Waals surface area contributed by atoms with Crippen LogP contribution in [0.15, 0.2) is 48.5 Å². The molecule has 0 saturated carbocycles. The van der Waals surface area contributed by atoms with Crippen LogP contribution in [0.5, 0.6) is 0 Å². The molecular weight excluding hydrogens is 228 g/mol. The van der Waals surface area contributed by atoms with Crippen LogP contribution in [-0.4, -0.2) is 0 Å². The van der Waals surface area contributed by atoms with Gasteiger partial charge < -0.3 is 0 Å². The highest BCUT2D eigenvalue weighted by Crippen LogP contribution is 2.05. The number of hydrogen-bond donors (Lipinski definition) is 0. The Hall–Kier alpha value is -2.00. The molecule has 0 spiro atoms. The monoisotopic (exact) mass is 250 g/mol. The van der Waals surface area contributed by atoms with Gasteiger partial charge in [0.2, 0.25) is 0 Å². The molecule has 0 aliphatic heterocycles. The average molecular weight is 250 g/mol. The maximum Gasteiger partial charge on any atom is 0.0249 e. The fourth-order valence-corrected chi connectivity index (χ4v) is 1.61. The van der Waals surface area contributed by atoms with Crippen LogP contribution >= 0.6 is 0 Å². The zero-order valence-electron chi connectivity index (χ0n) is 12.3. The van der Waals surface area contributed by atoms with E-state index in [4.69, 9.17) is 0 Å². The van der Waals surface area contributed by atoms with E-state index in [0.717, 1.165) is 17.5 Å². The summed E-state index contributed by atoms with van der Waals surface area (Å²) in [6.07, 6.45) is 1.08. The third-order valence-corrected chi connectivity index (χ3v) is 2.76. The molecule has 98 valence electrons. The molecule has 0 N–H and O–H groups in total. The summed E-state index contributed by atoms with van der Waals surface area (Å²) in [5.41, 5.74) is 4.76. The van der Waals surface area contributed by atoms with Crippen LogP contribution in [0.1, 0.15) is 43.0 Å². The van der Waals surface area contributed by atoms with Gasteiger partial charge in [-0.25, -0.2) is 0 Å². The maximum absolute atomic E-state index is 3.18. The van der Waals surface area contributed by atoms with Gasteiger partial charge in [0.05, 0.1) is 0 Å². The van der Waals surface area contributed by atoms with Gasteiger partial charge in [-0.1, -0.05) is 62.4 Å². The zero-order chi connectivity index (χ0) is 14.1. The Labute approximate surface area is 117 Å². The number of benzene rings is 2. The lowest BCUT2D eigenvalue weighted by Crippen LogP contribution is -1.80. The third-order valence-electron chi connectivity index (χ3n) is 2.76. The van der Waals surface area contributed by atoms with Gasteiger partial charge in [0, 0.05) is 11.1 Å². The molecule has 0 bridgehead atoms. The van der Waals surface area contributed by atoms with Crippen LogP contribution in [-0.2, 0) is 6.42 Å². The highest BCUT2D eigenvalue weighted by molar-refractivity contribution is 5.43. The molecule has 0 nitrogen and oxygen atoms in total. The smallest absolute Gasteiger partial charge is 0.0249 e. The highest BCUT2D eigenvalue weighted by Gasteiger charge is 1.89. The molecule has 0 aliphatic rings. The molecule has 0 fully saturated rings. The second kappa shape index (κ2) is 8.16. The quantitative estimate of drug-likeness (QED) is 0.626. The van der Waals surface area contributed by atoms with Crippen molar-refractivity contribution in [3.05, 3.63) is 70.8 Å². The van der Waals surface area contributed by atoms with E-state index in [-0.39, 0.29) is 0 Å². The van der Waals surface area contributed by atoms with E-state index < -0.39 is 0 Å². The van der Waals surface area contributed by atoms with Gasteiger partial charge in [-0.05, 0) is 43.2 Å². The number of rotatable bonds is 1. The van der Waals surface area contributed by atoms with Gasteiger partial charge in [-0.3, -0.25) is 0 Å². The summed E-state index contributed by atoms with van der Waals surface area (Å²) in [5.74, 6) is 6.36. The minimum absolute atomic E-state index is 1.06. The van der Waals surface area contributed by atoms with E-state index >= 15 is 0 Å². The molecule has 0 radical (unpaired) electrons. The molecule has 2 rings (SSSR count). The third kappa shape index (κ3) is 5.02. The Morgan fingerprint density at radius 2 is 1.16 bits per heavy atom. The molecular formula is C19H22. The van der Waals surface area contributed by atoms with E-state index in [0.29, 0.717) is 0 Å². The van der Waals surface area contributed by atoms with Crippen molar-refractivity contribution in [1.82, 2.24) is 0 Å². The molecule has 0 aliphatic carbocycles. The normalized spacial score (nSPS) is 8.84. The van der Waals surface area contributed by atoms with E-state index in [1.165, 1.54) is 11.1 Å². The summed E-state index contributed by atoms with van der Waals surface area (Å²) in [7, 11) is 0. The summed E-state index contributed by atoms with van der Waals surface area (Å²) >= 11 is 0. The van der Waals surface area contributed by atoms with Crippen molar-refractivity contribution >= 4 is 0 Å². The second-order valence-electron chi connectivity index (χ2n) is 4.17. The van der Waals surface area contributed by atoms with Crippen LogP contribution in [0.3, 0.4) is 0 Å². The molecule has 0 unspecified atom stereocenters. The molecule has 19 heavy (non-hydrogen) atoms. The first-order valence-electron chi connectivity index (χ1n) is 6.95. The van der Waals surface area contributed by atoms with Gasteiger partial charge in [-0.2, -0.15) is 0 Å². The molecule has 0 atom stereocenters. The Morgan fingerprint density at radius 3 is 1.58 bits per heavy atom. The molecule has 2 aromatic carbocycles. The van der Waals surface area contributed by atoms with E-state index in [2.05, 4.69) is 74.2 Å². The fraction of sp³-hybridized carbons (Fsp3) is 0.263. The standard InChI is InChI=1S/C17H16.C2H6/c1-3-15-8-10-17(11-9-15)13-12-16-6-4-14(2)5-7-16;1-2/h4-11H,3H2,1-2H3;1-2H3. The predicted octanol–water partition coefficient (Wildman–Crippen LogP) is 4.98. The Bertz CT molecular complexity index is 533. The second-order valence-corrected chi connectivity index (χ2v) is 4.17. The summed E-state index contributed by atoms with van der Waals surface area (Å²) in [4.78, 5) is 0. The Kier molecular flexibility index (Phi) is 6.47. The van der Waals surface area contributed by atoms with E-state index in [1.54, 1.807) is 0 Å². The largest absolute Gasteiger partial charge is 0.0683 e. The van der Waals surface area contributed by atoms with E-state index in [1.807, 2.05) is 13.8 Å². The fourth-order valence-electron chi connectivity index (χ4n) is 1.61. The lowest BCUT2D eigenvalue weighted by molar-refractivity contribution is 1.14. The summed E-state index contributed by atoms with van der Waals surface area (Å²) in [6, 6.07) is 16.7. The van der Waals surface area contributed by atoms with Crippen LogP contribution in [0.4, 0.5) is 0 Å². The minimum Gasteiger partial charge on any atom is -0.0683 e. The molecule has 0 saturated heterocycles. The minimum atomic E-state index is 1.06. The van der Waals surface area contributed by atoms with Crippen molar-refractivity contribution in [2.24, 2.45) is 0 Å². The van der Waals surface area contributed by atoms with Crippen LogP contribution in [0, 0.1) is 18.8 Å². The molecule has 0 heteroatoms. The van der Waals surface area contributed by atoms with E-state index in [9.17, 15) is 0 Å². The topological polar surface area (TPSA) is 0 Å². The van der Waals surface area contributed by atoms with Crippen LogP contribution in [0.2, 0.25) is 0 Å². The first-order chi connectivity index (χ1) is 9.28. The highest BCUT2D eigenvalue weighted by atomic mass is 13.9. The summed E-state index contributed by atoms with van der Waals surface area (Å²) < 4.78 is 0. The molecule has 0 aromatic heterocycles. The lowest BCUT2D eigenvalue weighted by Gasteiger charge is -1.95. The van der Waals surface area contributed by atoms with Crippen molar-refractivity contribution in [3.63, 3.8) is 0 Å². The van der Waals surface area contributed by atoms with Gasteiger partial charge in [0.15, 0.2) is 0 Å². The van der Waals surface area contributed by atoms with Crippen LogP contribution < -0.4 is 0 Å². The Morgan fingerprint density at radius 1 is 0.737 bits per heavy atom. The molecule has 0 amide bonds. The first-order valence-corrected chi connectivity index (χ1v) is 6.95. The van der Waals surface area contributed by atoms with Gasteiger partial charge in [0.25, 0.3) is 0 Å². The molecule has 2 aromatic rings. The molecule has 0 heterocycles. The first kappa shape index (κ1) is 15.1.